The molecule has 0 atom stereocenters. The normalized spacial score (nSPS) is 14.4. The number of guanidine groups is 1. The average molecular weight is 534 g/mol. The standard InChI is InChI=1S/C21H34N4O4.HI/c1-21(2,3)29-20(26)25-14-17(15-25)24-19(22-4)23-13-16-8-6-9-18(12-16)28-11-7-10-27-5;/h6,8-9,12,17H,7,10-11,13-15H2,1-5H3,(H2,22,23,24);1H. The van der Waals surface area contributed by atoms with Gasteiger partial charge >= 0.3 is 6.09 Å². The number of amides is 1. The molecule has 1 aliphatic heterocycles. The summed E-state index contributed by atoms with van der Waals surface area (Å²) in [7, 11) is 3.42. The first-order valence-corrected chi connectivity index (χ1v) is 9.96. The third-order valence-corrected chi connectivity index (χ3v) is 4.22. The maximum atomic E-state index is 12.0. The first-order chi connectivity index (χ1) is 13.8. The highest BCUT2D eigenvalue weighted by Crippen LogP contribution is 2.16. The molecule has 0 aromatic heterocycles. The van der Waals surface area contributed by atoms with Crippen molar-refractivity contribution in [3.8, 4) is 5.75 Å². The van der Waals surface area contributed by atoms with Crippen LogP contribution < -0.4 is 15.4 Å². The summed E-state index contributed by atoms with van der Waals surface area (Å²) in [5.74, 6) is 1.54. The van der Waals surface area contributed by atoms with Gasteiger partial charge in [0.2, 0.25) is 0 Å². The lowest BCUT2D eigenvalue weighted by atomic mass is 10.1. The lowest BCUT2D eigenvalue weighted by Crippen LogP contribution is -2.63. The molecule has 1 saturated heterocycles. The molecule has 0 bridgehead atoms. The summed E-state index contributed by atoms with van der Waals surface area (Å²) in [5, 5.41) is 6.63. The minimum absolute atomic E-state index is 0. The number of carbonyl (C=O) groups excluding carboxylic acids is 1. The zero-order valence-electron chi connectivity index (χ0n) is 18.6. The van der Waals surface area contributed by atoms with Gasteiger partial charge < -0.3 is 29.7 Å². The molecule has 2 N–H and O–H groups in total. The Kier molecular flexibility index (Phi) is 11.2. The Hall–Kier alpha value is -1.75. The molecule has 2 rings (SSSR count). The van der Waals surface area contributed by atoms with E-state index in [4.69, 9.17) is 14.2 Å². The molecule has 9 heteroatoms. The van der Waals surface area contributed by atoms with Crippen molar-refractivity contribution < 1.29 is 19.0 Å². The van der Waals surface area contributed by atoms with Gasteiger partial charge in [-0.05, 0) is 38.5 Å². The van der Waals surface area contributed by atoms with Crippen molar-refractivity contribution in [2.24, 2.45) is 4.99 Å². The summed E-state index contributed by atoms with van der Waals surface area (Å²) in [6.07, 6.45) is 0.581. The highest BCUT2D eigenvalue weighted by molar-refractivity contribution is 14.0. The van der Waals surface area contributed by atoms with Crippen LogP contribution in [0.3, 0.4) is 0 Å². The zero-order valence-corrected chi connectivity index (χ0v) is 20.9. The predicted octanol–water partition coefficient (Wildman–Crippen LogP) is 3.00. The summed E-state index contributed by atoms with van der Waals surface area (Å²) in [6, 6.07) is 8.13. The van der Waals surface area contributed by atoms with E-state index in [9.17, 15) is 4.79 Å². The number of benzene rings is 1. The highest BCUT2D eigenvalue weighted by Gasteiger charge is 2.34. The molecule has 0 saturated carbocycles. The van der Waals surface area contributed by atoms with Crippen LogP contribution in [0, 0.1) is 0 Å². The van der Waals surface area contributed by atoms with Crippen LogP contribution in [-0.4, -0.2) is 69.1 Å². The molecule has 30 heavy (non-hydrogen) atoms. The second-order valence-corrected chi connectivity index (χ2v) is 7.99. The van der Waals surface area contributed by atoms with E-state index in [0.717, 1.165) is 17.7 Å². The van der Waals surface area contributed by atoms with Gasteiger partial charge in [0.15, 0.2) is 5.96 Å². The molecule has 0 unspecified atom stereocenters. The molecule has 0 aliphatic carbocycles. The van der Waals surface area contributed by atoms with Gasteiger partial charge in [-0.15, -0.1) is 24.0 Å². The SMILES string of the molecule is CN=C(NCc1cccc(OCCCOC)c1)NC1CN(C(=O)OC(C)(C)C)C1.I. The Morgan fingerprint density at radius 3 is 2.63 bits per heavy atom. The number of nitrogens with one attached hydrogen (secondary N) is 2. The number of hydrogen-bond donors (Lipinski definition) is 2. The summed E-state index contributed by atoms with van der Waals surface area (Å²) in [6.45, 7) is 8.74. The van der Waals surface area contributed by atoms with Crippen molar-refractivity contribution in [3.05, 3.63) is 29.8 Å². The zero-order chi connectivity index (χ0) is 21.3. The Balaban J connectivity index is 0.00000450. The van der Waals surface area contributed by atoms with Gasteiger partial charge in [0.05, 0.1) is 12.6 Å². The number of aliphatic imine (C=N–C) groups is 1. The fraction of sp³-hybridized carbons (Fsp3) is 0.619. The van der Waals surface area contributed by atoms with E-state index in [0.29, 0.717) is 38.8 Å². The number of likely N-dealkylation sites (tertiary alicyclic amines) is 1. The third kappa shape index (κ3) is 9.38. The van der Waals surface area contributed by atoms with Crippen molar-refractivity contribution in [1.29, 1.82) is 0 Å². The molecular weight excluding hydrogens is 499 g/mol. The number of rotatable bonds is 8. The van der Waals surface area contributed by atoms with Crippen LogP contribution in [0.15, 0.2) is 29.3 Å². The van der Waals surface area contributed by atoms with E-state index < -0.39 is 5.60 Å². The Morgan fingerprint density at radius 2 is 2.00 bits per heavy atom. The van der Waals surface area contributed by atoms with Crippen molar-refractivity contribution in [2.45, 2.75) is 45.4 Å². The van der Waals surface area contributed by atoms with E-state index in [-0.39, 0.29) is 36.1 Å². The lowest BCUT2D eigenvalue weighted by molar-refractivity contribution is 0.00701. The van der Waals surface area contributed by atoms with Gasteiger partial charge in [0.25, 0.3) is 0 Å². The fourth-order valence-electron chi connectivity index (χ4n) is 2.76. The topological polar surface area (TPSA) is 84.4 Å². The van der Waals surface area contributed by atoms with E-state index >= 15 is 0 Å². The molecule has 0 radical (unpaired) electrons. The Labute approximate surface area is 196 Å². The van der Waals surface area contributed by atoms with E-state index in [2.05, 4.69) is 15.6 Å². The third-order valence-electron chi connectivity index (χ3n) is 4.22. The van der Waals surface area contributed by atoms with Crippen molar-refractivity contribution in [1.82, 2.24) is 15.5 Å². The second kappa shape index (κ2) is 12.8. The van der Waals surface area contributed by atoms with E-state index in [1.807, 2.05) is 45.0 Å². The minimum Gasteiger partial charge on any atom is -0.493 e. The number of nitrogens with zero attached hydrogens (tertiary/aromatic N) is 2. The van der Waals surface area contributed by atoms with Crippen LogP contribution in [0.5, 0.6) is 5.75 Å². The van der Waals surface area contributed by atoms with Crippen LogP contribution in [0.25, 0.3) is 0 Å². The number of methoxy groups -OCH3 is 1. The van der Waals surface area contributed by atoms with Crippen LogP contribution in [-0.2, 0) is 16.0 Å². The van der Waals surface area contributed by atoms with Crippen LogP contribution in [0.4, 0.5) is 4.79 Å². The van der Waals surface area contributed by atoms with E-state index in [1.165, 1.54) is 0 Å². The number of ether oxygens (including phenoxy) is 3. The molecule has 1 fully saturated rings. The van der Waals surface area contributed by atoms with Crippen LogP contribution in [0.1, 0.15) is 32.8 Å². The maximum Gasteiger partial charge on any atom is 0.410 e. The molecule has 0 spiro atoms. The molecule has 1 aromatic carbocycles. The van der Waals surface area contributed by atoms with Gasteiger partial charge in [-0.25, -0.2) is 4.79 Å². The first-order valence-electron chi connectivity index (χ1n) is 9.96. The smallest absolute Gasteiger partial charge is 0.410 e. The lowest BCUT2D eigenvalue weighted by Gasteiger charge is -2.40. The van der Waals surface area contributed by atoms with Crippen molar-refractivity contribution in [3.63, 3.8) is 0 Å². The van der Waals surface area contributed by atoms with Gasteiger partial charge in [-0.2, -0.15) is 0 Å². The summed E-state index contributed by atoms with van der Waals surface area (Å²) >= 11 is 0. The quantitative estimate of drug-likeness (QED) is 0.231. The predicted molar refractivity (Wildman–Crippen MR) is 129 cm³/mol. The summed E-state index contributed by atoms with van der Waals surface area (Å²) < 4.78 is 16.1. The summed E-state index contributed by atoms with van der Waals surface area (Å²) in [5.41, 5.74) is 0.621. The Bertz CT molecular complexity index is 688. The van der Waals surface area contributed by atoms with Gasteiger partial charge in [-0.3, -0.25) is 4.99 Å². The number of halogens is 1. The monoisotopic (exact) mass is 534 g/mol. The largest absolute Gasteiger partial charge is 0.493 e. The second-order valence-electron chi connectivity index (χ2n) is 7.99. The average Bonchev–Trinajstić information content (AvgIpc) is 2.62. The molecule has 1 heterocycles. The molecule has 170 valence electrons. The van der Waals surface area contributed by atoms with Crippen LogP contribution in [0.2, 0.25) is 0 Å². The van der Waals surface area contributed by atoms with Crippen LogP contribution >= 0.6 is 24.0 Å². The highest BCUT2D eigenvalue weighted by atomic mass is 127. The van der Waals surface area contributed by atoms with Crippen molar-refractivity contribution >= 4 is 36.0 Å². The van der Waals surface area contributed by atoms with Gasteiger partial charge in [0, 0.05) is 46.8 Å². The summed E-state index contributed by atoms with van der Waals surface area (Å²) in [4.78, 5) is 17.9. The molecule has 1 aromatic rings. The van der Waals surface area contributed by atoms with Gasteiger partial charge in [0.1, 0.15) is 11.4 Å². The molecule has 8 nitrogen and oxygen atoms in total. The minimum atomic E-state index is -0.477. The van der Waals surface area contributed by atoms with Crippen molar-refractivity contribution in [2.75, 3.05) is 40.5 Å². The Morgan fingerprint density at radius 1 is 1.27 bits per heavy atom. The maximum absolute atomic E-state index is 12.0. The fourth-order valence-corrected chi connectivity index (χ4v) is 2.76. The first kappa shape index (κ1) is 26.3. The molecular formula is C21H35IN4O4. The van der Waals surface area contributed by atoms with E-state index in [1.54, 1.807) is 19.1 Å². The number of hydrogen-bond acceptors (Lipinski definition) is 5. The van der Waals surface area contributed by atoms with Gasteiger partial charge in [-0.1, -0.05) is 12.1 Å². The number of carbonyl (C=O) groups is 1. The molecule has 1 amide bonds. The molecule has 1 aliphatic rings.